The molecule has 1 aromatic carbocycles. The number of benzene rings is 1. The molecule has 0 aliphatic rings. The second-order valence-electron chi connectivity index (χ2n) is 4.49. The highest BCUT2D eigenvalue weighted by atomic mass is 32.1. The van der Waals surface area contributed by atoms with Gasteiger partial charge in [0.2, 0.25) is 0 Å². The van der Waals surface area contributed by atoms with Crippen molar-refractivity contribution in [3.05, 3.63) is 34.5 Å². The predicted molar refractivity (Wildman–Crippen MR) is 77.1 cm³/mol. The Bertz CT molecular complexity index is 698. The van der Waals surface area contributed by atoms with Gasteiger partial charge in [-0.15, -0.1) is 11.3 Å². The molecule has 5 nitrogen and oxygen atoms in total. The quantitative estimate of drug-likeness (QED) is 0.889. The van der Waals surface area contributed by atoms with Crippen LogP contribution in [0.15, 0.2) is 18.2 Å². The molecule has 1 atom stereocenters. The fourth-order valence-electron chi connectivity index (χ4n) is 1.96. The smallest absolute Gasteiger partial charge is 0.325 e. The Morgan fingerprint density at radius 3 is 2.81 bits per heavy atom. The zero-order chi connectivity index (χ0) is 15.6. The summed E-state index contributed by atoms with van der Waals surface area (Å²) in [7, 11) is 1.45. The van der Waals surface area contributed by atoms with E-state index in [9.17, 15) is 14.0 Å². The number of halogens is 1. The molecular weight excluding hydrogens is 297 g/mol. The van der Waals surface area contributed by atoms with Crippen molar-refractivity contribution >= 4 is 33.3 Å². The number of ether oxygens (including phenoxy) is 1. The van der Waals surface area contributed by atoms with Gasteiger partial charge in [-0.1, -0.05) is 6.07 Å². The summed E-state index contributed by atoms with van der Waals surface area (Å²) in [6.45, 7) is 1.44. The number of rotatable bonds is 5. The largest absolute Gasteiger partial charge is 0.480 e. The third kappa shape index (κ3) is 3.03. The van der Waals surface area contributed by atoms with Crippen molar-refractivity contribution < 1.29 is 23.8 Å². The van der Waals surface area contributed by atoms with Gasteiger partial charge in [-0.3, -0.25) is 9.59 Å². The van der Waals surface area contributed by atoms with Crippen LogP contribution in [0.25, 0.3) is 10.1 Å². The Morgan fingerprint density at radius 1 is 1.48 bits per heavy atom. The van der Waals surface area contributed by atoms with E-state index in [1.807, 2.05) is 0 Å². The first kappa shape index (κ1) is 15.4. The lowest BCUT2D eigenvalue weighted by Gasteiger charge is -2.09. The number of hydrogen-bond acceptors (Lipinski definition) is 4. The fraction of sp³-hybridized carbons (Fsp3) is 0.286. The summed E-state index contributed by atoms with van der Waals surface area (Å²) < 4.78 is 19.6. The SMILES string of the molecule is COCc1c(C(=O)N[C@H](C)C(=O)O)sc2cccc(F)c12. The summed E-state index contributed by atoms with van der Waals surface area (Å²) in [5.41, 5.74) is 0.436. The predicted octanol–water partition coefficient (Wildman–Crippen LogP) is 2.39. The lowest BCUT2D eigenvalue weighted by atomic mass is 10.1. The lowest BCUT2D eigenvalue weighted by molar-refractivity contribution is -0.138. The second kappa shape index (κ2) is 6.19. The van der Waals surface area contributed by atoms with Crippen LogP contribution in [-0.2, 0) is 16.1 Å². The molecule has 2 N–H and O–H groups in total. The maximum atomic E-state index is 14.0. The Hall–Kier alpha value is -1.99. The zero-order valence-corrected chi connectivity index (χ0v) is 12.3. The van der Waals surface area contributed by atoms with E-state index < -0.39 is 23.7 Å². The van der Waals surface area contributed by atoms with Crippen molar-refractivity contribution in [2.75, 3.05) is 7.11 Å². The molecule has 112 valence electrons. The summed E-state index contributed by atoms with van der Waals surface area (Å²) in [4.78, 5) is 23.3. The number of carboxylic acids is 1. The minimum atomic E-state index is -1.14. The molecule has 0 spiro atoms. The van der Waals surface area contributed by atoms with E-state index in [1.165, 1.54) is 20.1 Å². The van der Waals surface area contributed by atoms with Crippen LogP contribution in [0.3, 0.4) is 0 Å². The molecule has 0 saturated carbocycles. The van der Waals surface area contributed by atoms with Crippen LogP contribution in [0.5, 0.6) is 0 Å². The number of carbonyl (C=O) groups excluding carboxylic acids is 1. The van der Waals surface area contributed by atoms with Crippen LogP contribution in [-0.4, -0.2) is 30.1 Å². The van der Waals surface area contributed by atoms with Crippen LogP contribution in [0.4, 0.5) is 4.39 Å². The van der Waals surface area contributed by atoms with Gasteiger partial charge in [0, 0.05) is 22.8 Å². The number of carboxylic acid groups (broad SMARTS) is 1. The minimum absolute atomic E-state index is 0.0745. The third-order valence-electron chi connectivity index (χ3n) is 2.98. The van der Waals surface area contributed by atoms with E-state index in [2.05, 4.69) is 5.32 Å². The van der Waals surface area contributed by atoms with Gasteiger partial charge >= 0.3 is 5.97 Å². The van der Waals surface area contributed by atoms with E-state index >= 15 is 0 Å². The minimum Gasteiger partial charge on any atom is -0.480 e. The average Bonchev–Trinajstić information content (AvgIpc) is 2.79. The molecule has 7 heteroatoms. The number of amides is 1. The Morgan fingerprint density at radius 2 is 2.19 bits per heavy atom. The van der Waals surface area contributed by atoms with Crippen molar-refractivity contribution in [1.82, 2.24) is 5.32 Å². The van der Waals surface area contributed by atoms with E-state index in [-0.39, 0.29) is 11.5 Å². The average molecular weight is 311 g/mol. The highest BCUT2D eigenvalue weighted by Gasteiger charge is 2.23. The first-order valence-corrected chi connectivity index (χ1v) is 6.99. The number of hydrogen-bond donors (Lipinski definition) is 2. The van der Waals surface area contributed by atoms with Gasteiger partial charge in [0.05, 0.1) is 11.5 Å². The standard InChI is InChI=1S/C14H14FNO4S/c1-7(14(18)19)16-13(17)12-8(6-20-2)11-9(15)4-3-5-10(11)21-12/h3-5,7H,6H2,1-2H3,(H,16,17)(H,18,19)/t7-/m1/s1. The van der Waals surface area contributed by atoms with Crippen LogP contribution < -0.4 is 5.32 Å². The van der Waals surface area contributed by atoms with Gasteiger partial charge in [-0.05, 0) is 19.1 Å². The van der Waals surface area contributed by atoms with Gasteiger partial charge in [0.25, 0.3) is 5.91 Å². The van der Waals surface area contributed by atoms with Crippen molar-refractivity contribution in [2.45, 2.75) is 19.6 Å². The molecule has 0 unspecified atom stereocenters. The number of methoxy groups -OCH3 is 1. The Kier molecular flexibility index (Phi) is 4.54. The highest BCUT2D eigenvalue weighted by Crippen LogP contribution is 2.33. The second-order valence-corrected chi connectivity index (χ2v) is 5.54. The molecule has 1 heterocycles. The fourth-order valence-corrected chi connectivity index (χ4v) is 3.08. The zero-order valence-electron chi connectivity index (χ0n) is 11.5. The summed E-state index contributed by atoms with van der Waals surface area (Å²) >= 11 is 1.11. The molecule has 0 bridgehead atoms. The van der Waals surface area contributed by atoms with Crippen molar-refractivity contribution in [3.63, 3.8) is 0 Å². The van der Waals surface area contributed by atoms with Gasteiger partial charge < -0.3 is 15.2 Å². The van der Waals surface area contributed by atoms with Gasteiger partial charge in [-0.25, -0.2) is 4.39 Å². The number of nitrogens with one attached hydrogen (secondary N) is 1. The monoisotopic (exact) mass is 311 g/mol. The van der Waals surface area contributed by atoms with E-state index in [1.54, 1.807) is 12.1 Å². The summed E-state index contributed by atoms with van der Waals surface area (Å²) in [6.07, 6.45) is 0. The van der Waals surface area contributed by atoms with Gasteiger partial charge in [0.1, 0.15) is 11.9 Å². The molecule has 0 aliphatic carbocycles. The molecule has 0 aliphatic heterocycles. The van der Waals surface area contributed by atoms with Crippen molar-refractivity contribution in [3.8, 4) is 0 Å². The summed E-state index contributed by atoms with van der Waals surface area (Å²) in [5, 5.41) is 11.6. The van der Waals surface area contributed by atoms with Crippen LogP contribution in [0.2, 0.25) is 0 Å². The van der Waals surface area contributed by atoms with Gasteiger partial charge in [0.15, 0.2) is 0 Å². The molecule has 2 aromatic rings. The molecular formula is C14H14FNO4S. The topological polar surface area (TPSA) is 75.6 Å². The number of fused-ring (bicyclic) bond motifs is 1. The molecule has 0 saturated heterocycles. The van der Waals surface area contributed by atoms with E-state index in [4.69, 9.17) is 9.84 Å². The summed E-state index contributed by atoms with van der Waals surface area (Å²) in [6, 6.07) is 3.56. The summed E-state index contributed by atoms with van der Waals surface area (Å²) in [5.74, 6) is -2.11. The normalized spacial score (nSPS) is 12.3. The van der Waals surface area contributed by atoms with Crippen LogP contribution in [0.1, 0.15) is 22.2 Å². The first-order chi connectivity index (χ1) is 9.95. The molecule has 1 aromatic heterocycles. The molecule has 0 radical (unpaired) electrons. The van der Waals surface area contributed by atoms with Gasteiger partial charge in [-0.2, -0.15) is 0 Å². The van der Waals surface area contributed by atoms with Crippen LogP contribution >= 0.6 is 11.3 Å². The van der Waals surface area contributed by atoms with Crippen molar-refractivity contribution in [2.24, 2.45) is 0 Å². The maximum Gasteiger partial charge on any atom is 0.325 e. The molecule has 0 fully saturated rings. The molecule has 2 rings (SSSR count). The Balaban J connectivity index is 2.48. The molecule has 1 amide bonds. The van der Waals surface area contributed by atoms with E-state index in [0.717, 1.165) is 11.3 Å². The highest BCUT2D eigenvalue weighted by molar-refractivity contribution is 7.21. The molecule has 21 heavy (non-hydrogen) atoms. The van der Waals surface area contributed by atoms with E-state index in [0.29, 0.717) is 15.6 Å². The van der Waals surface area contributed by atoms with Crippen LogP contribution in [0, 0.1) is 5.82 Å². The maximum absolute atomic E-state index is 14.0. The number of carbonyl (C=O) groups is 2. The lowest BCUT2D eigenvalue weighted by Crippen LogP contribution is -2.38. The first-order valence-electron chi connectivity index (χ1n) is 6.18. The number of aliphatic carboxylic acids is 1. The Labute approximate surface area is 124 Å². The third-order valence-corrected chi connectivity index (χ3v) is 4.17. The number of thiophene rings is 1. The van der Waals surface area contributed by atoms with Crippen molar-refractivity contribution in [1.29, 1.82) is 0 Å².